The van der Waals surface area contributed by atoms with Crippen LogP contribution in [0.1, 0.15) is 28.8 Å². The van der Waals surface area contributed by atoms with E-state index in [-0.39, 0.29) is 11.6 Å². The largest absolute Gasteiger partial charge is 0.294 e. The minimum atomic E-state index is -0.363. The Balaban J connectivity index is 2.88. The van der Waals surface area contributed by atoms with Gasteiger partial charge in [-0.25, -0.2) is 4.39 Å². The van der Waals surface area contributed by atoms with Crippen LogP contribution >= 0.6 is 0 Å². The number of carbonyl (C=O) groups is 1. The zero-order chi connectivity index (χ0) is 10.6. The van der Waals surface area contributed by atoms with Crippen molar-refractivity contribution in [2.75, 3.05) is 0 Å². The molecule has 0 saturated carbocycles. The Hall–Kier alpha value is -1.44. The van der Waals surface area contributed by atoms with Crippen LogP contribution in [0.5, 0.6) is 0 Å². The summed E-state index contributed by atoms with van der Waals surface area (Å²) in [7, 11) is 0. The molecular formula is C12H13FO. The summed E-state index contributed by atoms with van der Waals surface area (Å²) < 4.78 is 12.9. The molecule has 0 saturated heterocycles. The second-order valence-corrected chi connectivity index (χ2v) is 3.21. The van der Waals surface area contributed by atoms with Crippen LogP contribution < -0.4 is 0 Å². The molecule has 0 aliphatic heterocycles. The van der Waals surface area contributed by atoms with Crippen LogP contribution in [-0.4, -0.2) is 5.78 Å². The Labute approximate surface area is 83.3 Å². The molecule has 1 aromatic rings. The Morgan fingerprint density at radius 1 is 1.57 bits per heavy atom. The molecule has 0 aliphatic carbocycles. The minimum absolute atomic E-state index is 0.0260. The van der Waals surface area contributed by atoms with Crippen molar-refractivity contribution in [2.45, 2.75) is 19.8 Å². The zero-order valence-electron chi connectivity index (χ0n) is 8.22. The summed E-state index contributed by atoms with van der Waals surface area (Å²) in [5, 5.41) is 0. The standard InChI is InChI=1S/C12H13FO/c1-3-4-5-12(14)11-8-10(13)7-6-9(11)2/h3,6-8H,1,4-5H2,2H3. The summed E-state index contributed by atoms with van der Waals surface area (Å²) >= 11 is 0. The molecular weight excluding hydrogens is 179 g/mol. The molecule has 0 aliphatic rings. The number of ketones is 1. The first-order valence-corrected chi connectivity index (χ1v) is 4.55. The monoisotopic (exact) mass is 192 g/mol. The number of halogens is 1. The van der Waals surface area contributed by atoms with Crippen molar-refractivity contribution >= 4 is 5.78 Å². The second kappa shape index (κ2) is 4.70. The first-order valence-electron chi connectivity index (χ1n) is 4.55. The zero-order valence-corrected chi connectivity index (χ0v) is 8.22. The molecule has 1 aromatic carbocycles. The quantitative estimate of drug-likeness (QED) is 0.528. The number of rotatable bonds is 4. The average Bonchev–Trinajstić information content (AvgIpc) is 2.18. The van der Waals surface area contributed by atoms with E-state index >= 15 is 0 Å². The topological polar surface area (TPSA) is 17.1 Å². The smallest absolute Gasteiger partial charge is 0.163 e. The first kappa shape index (κ1) is 10.6. The molecule has 1 nitrogen and oxygen atoms in total. The fraction of sp³-hybridized carbons (Fsp3) is 0.250. The van der Waals surface area contributed by atoms with Crippen molar-refractivity contribution in [1.29, 1.82) is 0 Å². The van der Waals surface area contributed by atoms with Crippen LogP contribution in [-0.2, 0) is 0 Å². The molecule has 0 amide bonds. The van der Waals surface area contributed by atoms with Crippen molar-refractivity contribution < 1.29 is 9.18 Å². The van der Waals surface area contributed by atoms with Gasteiger partial charge in [0.25, 0.3) is 0 Å². The van der Waals surface area contributed by atoms with Crippen molar-refractivity contribution in [3.05, 3.63) is 47.8 Å². The molecule has 0 fully saturated rings. The normalized spacial score (nSPS) is 9.86. The van der Waals surface area contributed by atoms with Gasteiger partial charge in [0, 0.05) is 12.0 Å². The highest BCUT2D eigenvalue weighted by molar-refractivity contribution is 5.97. The van der Waals surface area contributed by atoms with E-state index in [0.29, 0.717) is 18.4 Å². The third-order valence-electron chi connectivity index (χ3n) is 2.08. The lowest BCUT2D eigenvalue weighted by atomic mass is 10.0. The van der Waals surface area contributed by atoms with Gasteiger partial charge >= 0.3 is 0 Å². The van der Waals surface area contributed by atoms with E-state index < -0.39 is 0 Å². The van der Waals surface area contributed by atoms with Crippen molar-refractivity contribution in [3.63, 3.8) is 0 Å². The van der Waals surface area contributed by atoms with E-state index in [1.807, 2.05) is 0 Å². The fourth-order valence-electron chi connectivity index (χ4n) is 1.26. The number of allylic oxidation sites excluding steroid dienone is 1. The Bertz CT molecular complexity index is 355. The van der Waals surface area contributed by atoms with Gasteiger partial charge in [0.1, 0.15) is 5.82 Å². The number of benzene rings is 1. The number of aryl methyl sites for hydroxylation is 1. The molecule has 0 aromatic heterocycles. The van der Waals surface area contributed by atoms with E-state index in [1.54, 1.807) is 19.1 Å². The number of carbonyl (C=O) groups excluding carboxylic acids is 1. The van der Waals surface area contributed by atoms with Gasteiger partial charge in [-0.05, 0) is 31.0 Å². The van der Waals surface area contributed by atoms with Gasteiger partial charge in [0.05, 0.1) is 0 Å². The highest BCUT2D eigenvalue weighted by Crippen LogP contribution is 2.13. The van der Waals surface area contributed by atoms with E-state index in [2.05, 4.69) is 6.58 Å². The van der Waals surface area contributed by atoms with Crippen LogP contribution in [0.15, 0.2) is 30.9 Å². The minimum Gasteiger partial charge on any atom is -0.294 e. The molecule has 1 rings (SSSR count). The van der Waals surface area contributed by atoms with E-state index in [4.69, 9.17) is 0 Å². The summed E-state index contributed by atoms with van der Waals surface area (Å²) in [4.78, 5) is 11.6. The lowest BCUT2D eigenvalue weighted by Crippen LogP contribution is -2.01. The van der Waals surface area contributed by atoms with Crippen LogP contribution in [0.2, 0.25) is 0 Å². The summed E-state index contributed by atoms with van der Waals surface area (Å²) in [6.07, 6.45) is 2.72. The van der Waals surface area contributed by atoms with Gasteiger partial charge in [0.15, 0.2) is 5.78 Å². The van der Waals surface area contributed by atoms with Crippen molar-refractivity contribution in [2.24, 2.45) is 0 Å². The third kappa shape index (κ3) is 2.52. The van der Waals surface area contributed by atoms with Crippen molar-refractivity contribution in [1.82, 2.24) is 0 Å². The fourth-order valence-corrected chi connectivity index (χ4v) is 1.26. The molecule has 0 N–H and O–H groups in total. The summed E-state index contributed by atoms with van der Waals surface area (Å²) in [6, 6.07) is 4.27. The van der Waals surface area contributed by atoms with Gasteiger partial charge in [-0.15, -0.1) is 6.58 Å². The van der Waals surface area contributed by atoms with Crippen LogP contribution in [0.25, 0.3) is 0 Å². The lowest BCUT2D eigenvalue weighted by molar-refractivity contribution is 0.0982. The maximum absolute atomic E-state index is 12.9. The van der Waals surface area contributed by atoms with E-state index in [0.717, 1.165) is 5.56 Å². The molecule has 0 spiro atoms. The van der Waals surface area contributed by atoms with Crippen LogP contribution in [0.3, 0.4) is 0 Å². The molecule has 0 unspecified atom stereocenters. The Kier molecular flexibility index (Phi) is 3.57. The molecule has 0 radical (unpaired) electrons. The van der Waals surface area contributed by atoms with Gasteiger partial charge in [0.2, 0.25) is 0 Å². The van der Waals surface area contributed by atoms with E-state index in [1.165, 1.54) is 12.1 Å². The predicted octanol–water partition coefficient (Wildman–Crippen LogP) is 3.28. The second-order valence-electron chi connectivity index (χ2n) is 3.21. The van der Waals surface area contributed by atoms with Gasteiger partial charge in [-0.1, -0.05) is 12.1 Å². The number of Topliss-reactive ketones (excluding diaryl/α,β-unsaturated/α-hetero) is 1. The van der Waals surface area contributed by atoms with Crippen LogP contribution in [0.4, 0.5) is 4.39 Å². The summed E-state index contributed by atoms with van der Waals surface area (Å²) in [5.74, 6) is -0.389. The van der Waals surface area contributed by atoms with Gasteiger partial charge < -0.3 is 0 Å². The molecule has 0 atom stereocenters. The average molecular weight is 192 g/mol. The molecule has 0 heterocycles. The molecule has 0 bridgehead atoms. The maximum atomic E-state index is 12.9. The predicted molar refractivity (Wildman–Crippen MR) is 54.9 cm³/mol. The van der Waals surface area contributed by atoms with Crippen molar-refractivity contribution in [3.8, 4) is 0 Å². The van der Waals surface area contributed by atoms with E-state index in [9.17, 15) is 9.18 Å². The Morgan fingerprint density at radius 3 is 2.93 bits per heavy atom. The summed E-state index contributed by atoms with van der Waals surface area (Å²) in [5.41, 5.74) is 1.30. The third-order valence-corrected chi connectivity index (χ3v) is 2.08. The highest BCUT2D eigenvalue weighted by atomic mass is 19.1. The van der Waals surface area contributed by atoms with Gasteiger partial charge in [-0.2, -0.15) is 0 Å². The lowest BCUT2D eigenvalue weighted by Gasteiger charge is -2.03. The molecule has 14 heavy (non-hydrogen) atoms. The molecule has 2 heteroatoms. The highest BCUT2D eigenvalue weighted by Gasteiger charge is 2.08. The van der Waals surface area contributed by atoms with Gasteiger partial charge in [-0.3, -0.25) is 4.79 Å². The first-order chi connectivity index (χ1) is 6.65. The summed E-state index contributed by atoms with van der Waals surface area (Å²) in [6.45, 7) is 5.35. The SMILES string of the molecule is C=CCCC(=O)c1cc(F)ccc1C. The number of hydrogen-bond acceptors (Lipinski definition) is 1. The van der Waals surface area contributed by atoms with Crippen LogP contribution in [0, 0.1) is 12.7 Å². The maximum Gasteiger partial charge on any atom is 0.163 e. The number of hydrogen-bond donors (Lipinski definition) is 0. The molecule has 74 valence electrons. The Morgan fingerprint density at radius 2 is 2.29 bits per heavy atom.